The first-order valence-electron chi connectivity index (χ1n) is 16.4. The molecule has 240 valence electrons. The van der Waals surface area contributed by atoms with Gasteiger partial charge in [-0.3, -0.25) is 5.41 Å². The van der Waals surface area contributed by atoms with Crippen molar-refractivity contribution in [3.63, 3.8) is 0 Å². The third kappa shape index (κ3) is 6.07. The summed E-state index contributed by atoms with van der Waals surface area (Å²) in [6, 6.07) is 53.6. The molecule has 4 nitrogen and oxygen atoms in total. The molecule has 9 rings (SSSR count). The molecule has 0 saturated carbocycles. The number of anilines is 1. The van der Waals surface area contributed by atoms with Crippen LogP contribution < -0.4 is 5.73 Å². The Morgan fingerprint density at radius 2 is 1.18 bits per heavy atom. The van der Waals surface area contributed by atoms with Crippen molar-refractivity contribution in [3.8, 4) is 33.9 Å². The standard InChI is InChI=1S/C29H20N2S.C15H12N2S/c1-19-15-16-26-23(17-19)28-22(13-8-14-27(28)32-26)25-18-24(20-9-4-2-5-10-20)30-29(31-25)21-11-6-3-7-12-21;16-13(10-6-2-1-3-7-10)15-14(17)11-8-4-5-9-12(11)18-15/h2-18H,1H3;1-9,16H,17H2. The van der Waals surface area contributed by atoms with Crippen molar-refractivity contribution < 1.29 is 0 Å². The quantitative estimate of drug-likeness (QED) is 0.178. The zero-order valence-electron chi connectivity index (χ0n) is 27.3. The first-order valence-corrected chi connectivity index (χ1v) is 18.0. The minimum Gasteiger partial charge on any atom is -0.397 e. The second-order valence-corrected chi connectivity index (χ2v) is 14.2. The summed E-state index contributed by atoms with van der Waals surface area (Å²) >= 11 is 3.41. The fourth-order valence-electron chi connectivity index (χ4n) is 6.20. The molecule has 0 atom stereocenters. The lowest BCUT2D eigenvalue weighted by Gasteiger charge is -2.10. The van der Waals surface area contributed by atoms with E-state index in [4.69, 9.17) is 21.1 Å². The molecule has 0 radical (unpaired) electrons. The van der Waals surface area contributed by atoms with Crippen LogP contribution in [0.3, 0.4) is 0 Å². The van der Waals surface area contributed by atoms with Crippen molar-refractivity contribution in [2.45, 2.75) is 6.92 Å². The summed E-state index contributed by atoms with van der Waals surface area (Å²) in [5.41, 5.74) is 14.7. The number of aryl methyl sites for hydroxylation is 1. The molecule has 0 aliphatic rings. The molecule has 3 N–H and O–H groups in total. The van der Waals surface area contributed by atoms with Crippen molar-refractivity contribution in [1.82, 2.24) is 9.97 Å². The number of aromatic nitrogens is 2. The van der Waals surface area contributed by atoms with Crippen LogP contribution in [0.25, 0.3) is 64.2 Å². The highest BCUT2D eigenvalue weighted by Crippen LogP contribution is 2.41. The van der Waals surface area contributed by atoms with Crippen LogP contribution in [0.1, 0.15) is 16.0 Å². The highest BCUT2D eigenvalue weighted by atomic mass is 32.1. The summed E-state index contributed by atoms with van der Waals surface area (Å²) in [4.78, 5) is 10.8. The molecule has 6 heteroatoms. The van der Waals surface area contributed by atoms with E-state index in [0.29, 0.717) is 11.4 Å². The van der Waals surface area contributed by atoms with E-state index in [2.05, 4.69) is 85.8 Å². The van der Waals surface area contributed by atoms with Gasteiger partial charge in [-0.25, -0.2) is 9.97 Å². The summed E-state index contributed by atoms with van der Waals surface area (Å²) in [6.45, 7) is 2.15. The fraction of sp³-hybridized carbons (Fsp3) is 0.0227. The number of nitrogens with zero attached hydrogens (tertiary/aromatic N) is 2. The second-order valence-electron chi connectivity index (χ2n) is 12.1. The average Bonchev–Trinajstić information content (AvgIpc) is 3.72. The van der Waals surface area contributed by atoms with E-state index in [-0.39, 0.29) is 0 Å². The predicted octanol–water partition coefficient (Wildman–Crippen LogP) is 12.1. The Bertz CT molecular complexity index is 2570. The van der Waals surface area contributed by atoms with E-state index in [0.717, 1.165) is 54.4 Å². The fourth-order valence-corrected chi connectivity index (χ4v) is 8.41. The molecule has 3 heterocycles. The predicted molar refractivity (Wildman–Crippen MR) is 215 cm³/mol. The summed E-state index contributed by atoms with van der Waals surface area (Å²) in [6.07, 6.45) is 0. The minimum absolute atomic E-state index is 0.495. The molecular formula is C44H32N4S2. The number of thiophene rings is 2. The number of hydrogen-bond acceptors (Lipinski definition) is 6. The number of nitrogen functional groups attached to an aromatic ring is 1. The van der Waals surface area contributed by atoms with Crippen LogP contribution in [0, 0.1) is 12.3 Å². The normalized spacial score (nSPS) is 11.1. The Morgan fingerprint density at radius 1 is 0.560 bits per heavy atom. The van der Waals surface area contributed by atoms with Crippen LogP contribution >= 0.6 is 22.7 Å². The topological polar surface area (TPSA) is 75.7 Å². The van der Waals surface area contributed by atoms with Gasteiger partial charge >= 0.3 is 0 Å². The van der Waals surface area contributed by atoms with E-state index in [1.165, 1.54) is 25.7 Å². The lowest BCUT2D eigenvalue weighted by Crippen LogP contribution is -2.01. The van der Waals surface area contributed by atoms with Gasteiger partial charge in [-0.1, -0.05) is 133 Å². The van der Waals surface area contributed by atoms with Crippen molar-refractivity contribution in [1.29, 1.82) is 5.41 Å². The van der Waals surface area contributed by atoms with Gasteiger partial charge in [0.05, 0.1) is 27.7 Å². The Balaban J connectivity index is 0.000000170. The first-order chi connectivity index (χ1) is 24.5. The molecule has 50 heavy (non-hydrogen) atoms. The smallest absolute Gasteiger partial charge is 0.160 e. The summed E-state index contributed by atoms with van der Waals surface area (Å²) in [7, 11) is 0. The maximum absolute atomic E-state index is 8.27. The van der Waals surface area contributed by atoms with E-state index in [1.54, 1.807) is 11.3 Å². The highest BCUT2D eigenvalue weighted by molar-refractivity contribution is 7.26. The molecule has 0 spiro atoms. The number of rotatable bonds is 5. The number of nitrogens with two attached hydrogens (primary N) is 1. The molecule has 0 saturated heterocycles. The van der Waals surface area contributed by atoms with E-state index in [1.807, 2.05) is 90.2 Å². The second kappa shape index (κ2) is 13.5. The molecule has 0 aliphatic heterocycles. The van der Waals surface area contributed by atoms with E-state index < -0.39 is 0 Å². The molecule has 0 fully saturated rings. The Kier molecular flexibility index (Phi) is 8.47. The van der Waals surface area contributed by atoms with Gasteiger partial charge in [0.25, 0.3) is 0 Å². The molecule has 0 amide bonds. The van der Waals surface area contributed by atoms with Gasteiger partial charge in [-0.2, -0.15) is 0 Å². The van der Waals surface area contributed by atoms with Gasteiger partial charge in [0.1, 0.15) is 0 Å². The van der Waals surface area contributed by atoms with Crippen LogP contribution in [-0.4, -0.2) is 15.7 Å². The van der Waals surface area contributed by atoms with Gasteiger partial charge < -0.3 is 5.73 Å². The van der Waals surface area contributed by atoms with E-state index in [9.17, 15) is 0 Å². The number of fused-ring (bicyclic) bond motifs is 4. The SMILES string of the molecule is Cc1ccc2sc3cccc(-c4cc(-c5ccccc5)nc(-c5ccccc5)n4)c3c2c1.N=C(c1ccccc1)c1sc2ccccc2c1N. The molecule has 9 aromatic rings. The monoisotopic (exact) mass is 680 g/mol. The van der Waals surface area contributed by atoms with Crippen LogP contribution in [-0.2, 0) is 0 Å². The molecule has 0 unspecified atom stereocenters. The third-order valence-electron chi connectivity index (χ3n) is 8.68. The summed E-state index contributed by atoms with van der Waals surface area (Å²) in [5.74, 6) is 0.745. The van der Waals surface area contributed by atoms with Crippen LogP contribution in [0.2, 0.25) is 0 Å². The molecule has 6 aromatic carbocycles. The first kappa shape index (κ1) is 31.3. The lowest BCUT2D eigenvalue weighted by atomic mass is 10.0. The van der Waals surface area contributed by atoms with Crippen molar-refractivity contribution in [2.75, 3.05) is 5.73 Å². The zero-order chi connectivity index (χ0) is 34.0. The molecule has 0 bridgehead atoms. The number of nitrogens with one attached hydrogen (secondary N) is 1. The maximum Gasteiger partial charge on any atom is 0.160 e. The molecule has 0 aliphatic carbocycles. The van der Waals surface area contributed by atoms with Gasteiger partial charge in [-0.15, -0.1) is 22.7 Å². The Labute approximate surface area is 298 Å². The van der Waals surface area contributed by atoms with E-state index >= 15 is 0 Å². The Morgan fingerprint density at radius 3 is 1.92 bits per heavy atom. The minimum atomic E-state index is 0.495. The molecule has 3 aromatic heterocycles. The largest absolute Gasteiger partial charge is 0.397 e. The zero-order valence-corrected chi connectivity index (χ0v) is 28.9. The highest BCUT2D eigenvalue weighted by Gasteiger charge is 2.16. The van der Waals surface area contributed by atoms with Crippen molar-refractivity contribution in [2.24, 2.45) is 0 Å². The average molecular weight is 681 g/mol. The number of benzene rings is 6. The molecular weight excluding hydrogens is 649 g/mol. The van der Waals surface area contributed by atoms with Crippen LogP contribution in [0.15, 0.2) is 158 Å². The number of hydrogen-bond donors (Lipinski definition) is 2. The van der Waals surface area contributed by atoms with Gasteiger partial charge in [-0.05, 0) is 37.3 Å². The van der Waals surface area contributed by atoms with Crippen molar-refractivity contribution >= 4 is 64.3 Å². The van der Waals surface area contributed by atoms with Gasteiger partial charge in [0.15, 0.2) is 5.82 Å². The third-order valence-corrected chi connectivity index (χ3v) is 11.0. The van der Waals surface area contributed by atoms with Crippen LogP contribution in [0.4, 0.5) is 5.69 Å². The summed E-state index contributed by atoms with van der Waals surface area (Å²) in [5, 5.41) is 11.9. The lowest BCUT2D eigenvalue weighted by molar-refractivity contribution is 1.19. The summed E-state index contributed by atoms with van der Waals surface area (Å²) < 4.78 is 3.72. The van der Waals surface area contributed by atoms with Gasteiger partial charge in [0, 0.05) is 52.5 Å². The van der Waals surface area contributed by atoms with Crippen molar-refractivity contribution in [3.05, 3.63) is 174 Å². The van der Waals surface area contributed by atoms with Gasteiger partial charge in [0.2, 0.25) is 0 Å². The van der Waals surface area contributed by atoms with Crippen LogP contribution in [0.5, 0.6) is 0 Å². The maximum atomic E-state index is 8.27. The Hall–Kier alpha value is -5.95.